The highest BCUT2D eigenvalue weighted by Gasteiger charge is 2.21. The molecule has 0 aliphatic carbocycles. The Morgan fingerprint density at radius 2 is 2.00 bits per heavy atom. The Labute approximate surface area is 174 Å². The molecule has 1 fully saturated rings. The second-order valence-corrected chi connectivity index (χ2v) is 7.44. The van der Waals surface area contributed by atoms with Crippen LogP contribution in [-0.4, -0.2) is 58.8 Å². The fourth-order valence-electron chi connectivity index (χ4n) is 3.74. The number of aryl methyl sites for hydroxylation is 1. The van der Waals surface area contributed by atoms with E-state index in [9.17, 15) is 4.79 Å². The molecule has 0 atom stereocenters. The van der Waals surface area contributed by atoms with Gasteiger partial charge in [-0.25, -0.2) is 9.78 Å². The molecule has 1 amide bonds. The molecular weight excluding hydrogens is 392 g/mol. The van der Waals surface area contributed by atoms with E-state index in [1.165, 1.54) is 4.90 Å². The number of pyridine rings is 1. The number of methoxy groups -OCH3 is 1. The Balaban J connectivity index is 1.65. The molecule has 4 rings (SSSR count). The molecular formula is C21H23ClN4O3. The molecule has 1 aromatic carbocycles. The maximum atomic E-state index is 11.1. The highest BCUT2D eigenvalue weighted by atomic mass is 35.5. The van der Waals surface area contributed by atoms with Crippen LogP contribution in [0.5, 0.6) is 5.75 Å². The van der Waals surface area contributed by atoms with Crippen LogP contribution in [0.3, 0.4) is 0 Å². The number of halogens is 1. The number of hydrogen-bond acceptors (Lipinski definition) is 4. The fraction of sp³-hybridized carbons (Fsp3) is 0.333. The summed E-state index contributed by atoms with van der Waals surface area (Å²) in [5, 5.41) is 9.68. The zero-order chi connectivity index (χ0) is 20.5. The summed E-state index contributed by atoms with van der Waals surface area (Å²) >= 11 is 6.36. The van der Waals surface area contributed by atoms with Gasteiger partial charge in [0.1, 0.15) is 11.4 Å². The van der Waals surface area contributed by atoms with Gasteiger partial charge in [-0.15, -0.1) is 0 Å². The average Bonchev–Trinajstić information content (AvgIpc) is 3.16. The van der Waals surface area contributed by atoms with E-state index in [1.54, 1.807) is 7.11 Å². The Bertz CT molecular complexity index is 1060. The largest absolute Gasteiger partial charge is 0.495 e. The monoisotopic (exact) mass is 414 g/mol. The van der Waals surface area contributed by atoms with Crippen LogP contribution >= 0.6 is 11.6 Å². The van der Waals surface area contributed by atoms with Crippen LogP contribution < -0.4 is 9.64 Å². The normalized spacial score (nSPS) is 14.4. The molecule has 1 aliphatic rings. The molecule has 0 unspecified atom stereocenters. The number of carbonyl (C=O) groups is 1. The van der Waals surface area contributed by atoms with Crippen molar-refractivity contribution < 1.29 is 14.6 Å². The Kier molecular flexibility index (Phi) is 5.24. The van der Waals surface area contributed by atoms with Crippen molar-refractivity contribution in [3.05, 3.63) is 47.2 Å². The zero-order valence-corrected chi connectivity index (χ0v) is 17.2. The average molecular weight is 415 g/mol. The molecule has 29 heavy (non-hydrogen) atoms. The Hall–Kier alpha value is -2.93. The SMILES string of the molecule is CCc1cc(OC)c(Cl)cc1-c1cn2ccc(N3CCN(C(=O)O)CC3)cc2n1. The first-order valence-corrected chi connectivity index (χ1v) is 9.96. The summed E-state index contributed by atoms with van der Waals surface area (Å²) in [5.41, 5.74) is 4.87. The number of hydrogen-bond donors (Lipinski definition) is 1. The van der Waals surface area contributed by atoms with Gasteiger partial charge in [0.15, 0.2) is 0 Å². The van der Waals surface area contributed by atoms with Gasteiger partial charge in [0, 0.05) is 55.9 Å². The van der Waals surface area contributed by atoms with Crippen LogP contribution in [0.4, 0.5) is 10.5 Å². The van der Waals surface area contributed by atoms with Crippen molar-refractivity contribution in [2.75, 3.05) is 38.2 Å². The fourth-order valence-corrected chi connectivity index (χ4v) is 3.98. The van der Waals surface area contributed by atoms with E-state index in [0.717, 1.165) is 34.6 Å². The maximum Gasteiger partial charge on any atom is 0.407 e. The molecule has 1 N–H and O–H groups in total. The van der Waals surface area contributed by atoms with E-state index in [0.29, 0.717) is 37.0 Å². The predicted octanol–water partition coefficient (Wildman–Crippen LogP) is 4.03. The van der Waals surface area contributed by atoms with Crippen molar-refractivity contribution in [1.82, 2.24) is 14.3 Å². The molecule has 7 nitrogen and oxygen atoms in total. The number of aromatic nitrogens is 2. The summed E-state index contributed by atoms with van der Waals surface area (Å²) in [7, 11) is 1.61. The van der Waals surface area contributed by atoms with Crippen molar-refractivity contribution in [2.24, 2.45) is 0 Å². The minimum atomic E-state index is -0.858. The topological polar surface area (TPSA) is 70.3 Å². The summed E-state index contributed by atoms with van der Waals surface area (Å²) in [4.78, 5) is 19.6. The molecule has 3 heterocycles. The number of carboxylic acid groups (broad SMARTS) is 1. The van der Waals surface area contributed by atoms with Crippen LogP contribution in [0.25, 0.3) is 16.9 Å². The lowest BCUT2D eigenvalue weighted by molar-refractivity contribution is 0.142. The lowest BCUT2D eigenvalue weighted by atomic mass is 10.0. The summed E-state index contributed by atoms with van der Waals surface area (Å²) in [6.45, 7) is 4.44. The molecule has 3 aromatic rings. The van der Waals surface area contributed by atoms with Crippen molar-refractivity contribution in [1.29, 1.82) is 0 Å². The molecule has 8 heteroatoms. The van der Waals surface area contributed by atoms with Crippen molar-refractivity contribution in [3.63, 3.8) is 0 Å². The minimum absolute atomic E-state index is 0.504. The number of imidazole rings is 1. The number of nitrogens with zero attached hydrogens (tertiary/aromatic N) is 4. The van der Waals surface area contributed by atoms with Gasteiger partial charge in [-0.1, -0.05) is 18.5 Å². The molecule has 0 radical (unpaired) electrons. The van der Waals surface area contributed by atoms with Crippen LogP contribution in [0.1, 0.15) is 12.5 Å². The number of amides is 1. The number of piperazine rings is 1. The van der Waals surface area contributed by atoms with Gasteiger partial charge in [-0.3, -0.25) is 0 Å². The molecule has 1 saturated heterocycles. The van der Waals surface area contributed by atoms with Gasteiger partial charge in [-0.2, -0.15) is 0 Å². The Morgan fingerprint density at radius 1 is 1.24 bits per heavy atom. The lowest BCUT2D eigenvalue weighted by Gasteiger charge is -2.34. The van der Waals surface area contributed by atoms with E-state index < -0.39 is 6.09 Å². The van der Waals surface area contributed by atoms with E-state index in [-0.39, 0.29) is 0 Å². The third-order valence-corrected chi connectivity index (χ3v) is 5.69. The van der Waals surface area contributed by atoms with E-state index in [4.69, 9.17) is 26.4 Å². The van der Waals surface area contributed by atoms with Gasteiger partial charge in [-0.05, 0) is 30.2 Å². The number of rotatable bonds is 4. The van der Waals surface area contributed by atoms with Crippen molar-refractivity contribution >= 4 is 29.0 Å². The predicted molar refractivity (Wildman–Crippen MR) is 113 cm³/mol. The first kappa shape index (κ1) is 19.4. The van der Waals surface area contributed by atoms with E-state index >= 15 is 0 Å². The van der Waals surface area contributed by atoms with E-state index in [2.05, 4.69) is 11.8 Å². The van der Waals surface area contributed by atoms with Crippen LogP contribution in [0.2, 0.25) is 5.02 Å². The second-order valence-electron chi connectivity index (χ2n) is 7.03. The highest BCUT2D eigenvalue weighted by molar-refractivity contribution is 6.32. The standard InChI is InChI=1S/C21H23ClN4O3/c1-3-14-10-19(29-2)17(22)12-16(14)18-13-26-5-4-15(11-20(26)23-18)24-6-8-25(9-7-24)21(27)28/h4-5,10-13H,3,6-9H2,1-2H3,(H,27,28). The second kappa shape index (κ2) is 7.83. The summed E-state index contributed by atoms with van der Waals surface area (Å²) in [6, 6.07) is 7.95. The van der Waals surface area contributed by atoms with Crippen molar-refractivity contribution in [3.8, 4) is 17.0 Å². The number of ether oxygens (including phenoxy) is 1. The first-order valence-electron chi connectivity index (χ1n) is 9.58. The molecule has 0 saturated carbocycles. The lowest BCUT2D eigenvalue weighted by Crippen LogP contribution is -2.48. The zero-order valence-electron chi connectivity index (χ0n) is 16.4. The smallest absolute Gasteiger partial charge is 0.407 e. The van der Waals surface area contributed by atoms with Gasteiger partial charge >= 0.3 is 6.09 Å². The van der Waals surface area contributed by atoms with E-state index in [1.807, 2.05) is 41.1 Å². The van der Waals surface area contributed by atoms with Crippen LogP contribution in [-0.2, 0) is 6.42 Å². The third kappa shape index (κ3) is 3.70. The highest BCUT2D eigenvalue weighted by Crippen LogP contribution is 2.34. The summed E-state index contributed by atoms with van der Waals surface area (Å²) in [6.07, 6.45) is 3.97. The van der Waals surface area contributed by atoms with Gasteiger partial charge < -0.3 is 24.0 Å². The third-order valence-electron chi connectivity index (χ3n) is 5.39. The van der Waals surface area contributed by atoms with Crippen LogP contribution in [0.15, 0.2) is 36.7 Å². The maximum absolute atomic E-state index is 11.1. The molecule has 2 aromatic heterocycles. The first-order chi connectivity index (χ1) is 14.0. The van der Waals surface area contributed by atoms with Gasteiger partial charge in [0.05, 0.1) is 17.8 Å². The molecule has 152 valence electrons. The molecule has 1 aliphatic heterocycles. The summed E-state index contributed by atoms with van der Waals surface area (Å²) in [5.74, 6) is 0.666. The minimum Gasteiger partial charge on any atom is -0.495 e. The number of fused-ring (bicyclic) bond motifs is 1. The van der Waals surface area contributed by atoms with Crippen LogP contribution in [0, 0.1) is 0 Å². The Morgan fingerprint density at radius 3 is 2.66 bits per heavy atom. The molecule has 0 spiro atoms. The quantitative estimate of drug-likeness (QED) is 0.698. The van der Waals surface area contributed by atoms with Gasteiger partial charge in [0.25, 0.3) is 0 Å². The summed E-state index contributed by atoms with van der Waals surface area (Å²) < 4.78 is 7.33. The molecule has 0 bridgehead atoms. The number of benzene rings is 1. The van der Waals surface area contributed by atoms with Gasteiger partial charge in [0.2, 0.25) is 0 Å². The number of anilines is 1. The van der Waals surface area contributed by atoms with Crippen molar-refractivity contribution in [2.45, 2.75) is 13.3 Å².